The van der Waals surface area contributed by atoms with Crippen LogP contribution in [0.3, 0.4) is 0 Å². The van der Waals surface area contributed by atoms with Gasteiger partial charge in [-0.25, -0.2) is 4.79 Å². The van der Waals surface area contributed by atoms with E-state index in [9.17, 15) is 14.4 Å². The van der Waals surface area contributed by atoms with Crippen LogP contribution < -0.4 is 10.6 Å². The van der Waals surface area contributed by atoms with E-state index >= 15 is 0 Å². The molecule has 1 spiro atoms. The summed E-state index contributed by atoms with van der Waals surface area (Å²) in [4.78, 5) is 39.7. The van der Waals surface area contributed by atoms with Crippen molar-refractivity contribution in [3.63, 3.8) is 0 Å². The number of hydrogen-bond donors (Lipinski definition) is 2. The molecule has 0 aromatic heterocycles. The highest BCUT2D eigenvalue weighted by atomic mass is 16.2. The molecular weight excluding hydrogens is 378 g/mol. The lowest BCUT2D eigenvalue weighted by molar-refractivity contribution is -0.137. The van der Waals surface area contributed by atoms with Crippen molar-refractivity contribution < 1.29 is 14.4 Å². The lowest BCUT2D eigenvalue weighted by atomic mass is 9.48. The summed E-state index contributed by atoms with van der Waals surface area (Å²) in [7, 11) is 0. The maximum atomic E-state index is 13.1. The number of carbonyl (C=O) groups excluding carboxylic acids is 3. The van der Waals surface area contributed by atoms with Crippen molar-refractivity contribution in [3.05, 3.63) is 0 Å². The summed E-state index contributed by atoms with van der Waals surface area (Å²) in [6.45, 7) is 4.17. The van der Waals surface area contributed by atoms with E-state index in [1.165, 1.54) is 38.5 Å². The van der Waals surface area contributed by atoms with Gasteiger partial charge >= 0.3 is 6.03 Å². The van der Waals surface area contributed by atoms with Crippen molar-refractivity contribution in [1.29, 1.82) is 0 Å². The van der Waals surface area contributed by atoms with Crippen LogP contribution >= 0.6 is 0 Å². The van der Waals surface area contributed by atoms with Crippen LogP contribution in [0.15, 0.2) is 0 Å². The minimum Gasteiger partial charge on any atom is -0.352 e. The van der Waals surface area contributed by atoms with Crippen molar-refractivity contribution in [1.82, 2.24) is 15.5 Å². The summed E-state index contributed by atoms with van der Waals surface area (Å²) in [5.41, 5.74) is -0.546. The van der Waals surface area contributed by atoms with Gasteiger partial charge in [0.05, 0.1) is 0 Å². The predicted octanol–water partition coefficient (Wildman–Crippen LogP) is 3.60. The maximum Gasteiger partial charge on any atom is 0.325 e. The van der Waals surface area contributed by atoms with E-state index in [0.29, 0.717) is 18.8 Å². The van der Waals surface area contributed by atoms with Crippen LogP contribution in [-0.4, -0.2) is 40.9 Å². The Morgan fingerprint density at radius 1 is 1.10 bits per heavy atom. The summed E-state index contributed by atoms with van der Waals surface area (Å²) in [5, 5.41) is 6.14. The first-order valence-corrected chi connectivity index (χ1v) is 12.3. The molecule has 0 aromatic carbocycles. The Bertz CT molecular complexity index is 705. The standard InChI is InChI=1S/C24H37N3O3/c1-3-16-4-6-24(7-5-16)21(29)27(22(30)26-24)14-20(28)25-15(2)23-11-17-8-18(12-23)10-19(9-17)13-23/h15-19H,3-14H2,1-2H3,(H,25,28)(H,26,30)/t15-,16?,17?,18?,19?,23?,24?/m1/s1. The second-order valence-corrected chi connectivity index (χ2v) is 11.3. The molecule has 6 heteroatoms. The van der Waals surface area contributed by atoms with Crippen molar-refractivity contribution in [2.24, 2.45) is 29.1 Å². The lowest BCUT2D eigenvalue weighted by Crippen LogP contribution is -2.57. The molecule has 2 N–H and O–H groups in total. The fourth-order valence-electron chi connectivity index (χ4n) is 8.03. The van der Waals surface area contributed by atoms with Crippen LogP contribution in [0.4, 0.5) is 4.79 Å². The van der Waals surface area contributed by atoms with E-state index in [0.717, 1.165) is 41.9 Å². The Labute approximate surface area is 179 Å². The molecule has 6 nitrogen and oxygen atoms in total. The molecule has 6 fully saturated rings. The summed E-state index contributed by atoms with van der Waals surface area (Å²) >= 11 is 0. The van der Waals surface area contributed by atoms with Crippen LogP contribution in [-0.2, 0) is 9.59 Å². The number of carbonyl (C=O) groups is 3. The van der Waals surface area contributed by atoms with E-state index in [1.54, 1.807) is 0 Å². The van der Waals surface area contributed by atoms with E-state index in [4.69, 9.17) is 0 Å². The minimum atomic E-state index is -0.769. The molecule has 6 rings (SSSR count). The van der Waals surface area contributed by atoms with E-state index in [2.05, 4.69) is 24.5 Å². The average molecular weight is 416 g/mol. The normalized spacial score (nSPS) is 43.2. The maximum absolute atomic E-state index is 13.1. The van der Waals surface area contributed by atoms with Crippen LogP contribution in [0.5, 0.6) is 0 Å². The molecule has 0 radical (unpaired) electrons. The van der Waals surface area contributed by atoms with Crippen molar-refractivity contribution in [2.45, 2.75) is 96.1 Å². The number of hydrogen-bond acceptors (Lipinski definition) is 3. The molecule has 1 heterocycles. The van der Waals surface area contributed by atoms with E-state index in [-0.39, 0.29) is 29.8 Å². The first-order valence-electron chi connectivity index (χ1n) is 12.3. The number of nitrogens with zero attached hydrogens (tertiary/aromatic N) is 1. The fraction of sp³-hybridized carbons (Fsp3) is 0.875. The Hall–Kier alpha value is -1.59. The van der Waals surface area contributed by atoms with E-state index in [1.807, 2.05) is 0 Å². The molecule has 6 aliphatic rings. The lowest BCUT2D eigenvalue weighted by Gasteiger charge is -2.59. The number of rotatable bonds is 5. The van der Waals surface area contributed by atoms with Crippen LogP contribution in [0.2, 0.25) is 0 Å². The van der Waals surface area contributed by atoms with Crippen molar-refractivity contribution >= 4 is 17.8 Å². The molecule has 0 aromatic rings. The highest BCUT2D eigenvalue weighted by Gasteiger charge is 2.55. The zero-order valence-corrected chi connectivity index (χ0v) is 18.5. The quantitative estimate of drug-likeness (QED) is 0.674. The number of amides is 4. The van der Waals surface area contributed by atoms with Crippen molar-refractivity contribution in [2.75, 3.05) is 6.54 Å². The third-order valence-electron chi connectivity index (χ3n) is 9.47. The average Bonchev–Trinajstić information content (AvgIpc) is 2.91. The Morgan fingerprint density at radius 2 is 1.67 bits per heavy atom. The topological polar surface area (TPSA) is 78.5 Å². The molecule has 4 bridgehead atoms. The molecule has 166 valence electrons. The summed E-state index contributed by atoms with van der Waals surface area (Å²) in [6.07, 6.45) is 12.2. The first-order chi connectivity index (χ1) is 14.3. The number of nitrogens with one attached hydrogen (secondary N) is 2. The van der Waals surface area contributed by atoms with Gasteiger partial charge < -0.3 is 10.6 Å². The summed E-state index contributed by atoms with van der Waals surface area (Å²) in [6, 6.07) is -0.291. The zero-order chi connectivity index (χ0) is 21.1. The van der Waals surface area contributed by atoms with Crippen LogP contribution in [0, 0.1) is 29.1 Å². The summed E-state index contributed by atoms with van der Waals surface area (Å²) in [5.74, 6) is 2.75. The number of imide groups is 1. The molecule has 1 aliphatic heterocycles. The van der Waals surface area contributed by atoms with Crippen LogP contribution in [0.25, 0.3) is 0 Å². The Morgan fingerprint density at radius 3 is 2.20 bits per heavy atom. The van der Waals surface area contributed by atoms with Gasteiger partial charge in [0.2, 0.25) is 5.91 Å². The number of urea groups is 1. The predicted molar refractivity (Wildman–Crippen MR) is 113 cm³/mol. The van der Waals surface area contributed by atoms with Gasteiger partial charge in [-0.05, 0) is 100 Å². The van der Waals surface area contributed by atoms with Gasteiger partial charge in [0.15, 0.2) is 0 Å². The third-order valence-corrected chi connectivity index (χ3v) is 9.47. The van der Waals surface area contributed by atoms with Gasteiger partial charge in [-0.2, -0.15) is 0 Å². The molecule has 5 saturated carbocycles. The smallest absolute Gasteiger partial charge is 0.325 e. The second kappa shape index (κ2) is 7.23. The zero-order valence-electron chi connectivity index (χ0n) is 18.5. The largest absolute Gasteiger partial charge is 0.352 e. The SMILES string of the molecule is CCC1CCC2(CC1)NC(=O)N(CC(=O)N[C@H](C)C13CC4CC(CC(C4)C1)C3)C2=O. The first kappa shape index (κ1) is 20.3. The fourth-order valence-corrected chi connectivity index (χ4v) is 8.03. The molecule has 4 amide bonds. The van der Waals surface area contributed by atoms with Gasteiger partial charge in [-0.15, -0.1) is 0 Å². The molecular formula is C24H37N3O3. The highest BCUT2D eigenvalue weighted by molar-refractivity contribution is 6.09. The minimum absolute atomic E-state index is 0.105. The monoisotopic (exact) mass is 415 g/mol. The third kappa shape index (κ3) is 3.25. The molecule has 5 aliphatic carbocycles. The molecule has 30 heavy (non-hydrogen) atoms. The van der Waals surface area contributed by atoms with Gasteiger partial charge in [0.1, 0.15) is 12.1 Å². The van der Waals surface area contributed by atoms with Crippen molar-refractivity contribution in [3.8, 4) is 0 Å². The van der Waals surface area contributed by atoms with Gasteiger partial charge in [-0.1, -0.05) is 13.3 Å². The van der Waals surface area contributed by atoms with Gasteiger partial charge in [0, 0.05) is 6.04 Å². The summed E-state index contributed by atoms with van der Waals surface area (Å²) < 4.78 is 0. The van der Waals surface area contributed by atoms with E-state index < -0.39 is 11.6 Å². The van der Waals surface area contributed by atoms with Crippen LogP contribution in [0.1, 0.15) is 84.5 Å². The molecule has 1 atom stereocenters. The molecule has 0 unspecified atom stereocenters. The highest BCUT2D eigenvalue weighted by Crippen LogP contribution is 2.61. The Kier molecular flexibility index (Phi) is 4.90. The molecule has 1 saturated heterocycles. The Balaban J connectivity index is 1.21. The van der Waals surface area contributed by atoms with Gasteiger partial charge in [0.25, 0.3) is 5.91 Å². The van der Waals surface area contributed by atoms with Gasteiger partial charge in [-0.3, -0.25) is 14.5 Å². The second-order valence-electron chi connectivity index (χ2n) is 11.3.